The molecule has 1 aliphatic carbocycles. The van der Waals surface area contributed by atoms with E-state index in [9.17, 15) is 4.79 Å². The van der Waals surface area contributed by atoms with Gasteiger partial charge in [-0.25, -0.2) is 9.97 Å². The van der Waals surface area contributed by atoms with E-state index in [4.69, 9.17) is 5.73 Å². The molecule has 3 rings (SSSR count). The van der Waals surface area contributed by atoms with E-state index in [1.807, 2.05) is 13.0 Å². The Balaban J connectivity index is 1.71. The molecule has 1 aliphatic rings. The number of aromatic nitrogens is 3. The normalized spacial score (nSPS) is 14.0. The fourth-order valence-corrected chi connectivity index (χ4v) is 2.61. The minimum atomic E-state index is -0.162. The molecule has 2 heterocycles. The summed E-state index contributed by atoms with van der Waals surface area (Å²) in [5, 5.41) is 6.77. The summed E-state index contributed by atoms with van der Waals surface area (Å²) in [6.07, 6.45) is 3.78. The molecule has 8 heteroatoms. The number of amides is 1. The van der Waals surface area contributed by atoms with Crippen LogP contribution in [0.25, 0.3) is 0 Å². The van der Waals surface area contributed by atoms with Crippen molar-refractivity contribution in [1.82, 2.24) is 19.7 Å². The van der Waals surface area contributed by atoms with Crippen molar-refractivity contribution in [3.8, 4) is 0 Å². The molecule has 0 spiro atoms. The number of carbonyl (C=O) groups is 1. The highest BCUT2D eigenvalue weighted by Gasteiger charge is 2.27. The van der Waals surface area contributed by atoms with Crippen LogP contribution in [-0.4, -0.2) is 26.3 Å². The maximum absolute atomic E-state index is 12.2. The smallest absolute Gasteiger partial charge is 0.258 e. The van der Waals surface area contributed by atoms with E-state index >= 15 is 0 Å². The van der Waals surface area contributed by atoms with Crippen LogP contribution >= 0.6 is 11.5 Å². The quantitative estimate of drug-likeness (QED) is 0.769. The minimum Gasteiger partial charge on any atom is -0.382 e. The van der Waals surface area contributed by atoms with Crippen molar-refractivity contribution in [2.24, 2.45) is 0 Å². The summed E-state index contributed by atoms with van der Waals surface area (Å²) < 4.78 is 4.06. The lowest BCUT2D eigenvalue weighted by molar-refractivity contribution is 0.0953. The second-order valence-corrected chi connectivity index (χ2v) is 5.74. The van der Waals surface area contributed by atoms with Gasteiger partial charge in [-0.1, -0.05) is 0 Å². The average Bonchev–Trinajstić information content (AvgIpc) is 3.18. The van der Waals surface area contributed by atoms with Crippen molar-refractivity contribution < 1.29 is 4.79 Å². The van der Waals surface area contributed by atoms with Gasteiger partial charge in [0.05, 0.1) is 12.2 Å². The second-order valence-electron chi connectivity index (χ2n) is 4.97. The van der Waals surface area contributed by atoms with Crippen molar-refractivity contribution in [2.75, 3.05) is 11.1 Å². The van der Waals surface area contributed by atoms with Gasteiger partial charge in [-0.05, 0) is 37.4 Å². The Morgan fingerprint density at radius 3 is 3.05 bits per heavy atom. The molecule has 1 amide bonds. The van der Waals surface area contributed by atoms with Crippen molar-refractivity contribution in [2.45, 2.75) is 32.4 Å². The van der Waals surface area contributed by atoms with E-state index in [1.165, 1.54) is 11.5 Å². The monoisotopic (exact) mass is 304 g/mol. The first-order chi connectivity index (χ1) is 10.1. The van der Waals surface area contributed by atoms with Gasteiger partial charge < -0.3 is 16.4 Å². The first-order valence-electron chi connectivity index (χ1n) is 6.72. The molecule has 0 bridgehead atoms. The molecule has 2 aromatic heterocycles. The number of carbonyl (C=O) groups excluding carboxylic acids is 1. The van der Waals surface area contributed by atoms with Crippen LogP contribution in [0.3, 0.4) is 0 Å². The number of nitrogens with zero attached hydrogens (tertiary/aromatic N) is 3. The Hall–Kier alpha value is -2.22. The molecule has 0 aliphatic heterocycles. The highest BCUT2D eigenvalue weighted by Crippen LogP contribution is 2.28. The number of nitrogen functional groups attached to an aromatic ring is 1. The second kappa shape index (κ2) is 5.65. The Labute approximate surface area is 126 Å². The van der Waals surface area contributed by atoms with Gasteiger partial charge in [0.1, 0.15) is 16.4 Å². The van der Waals surface area contributed by atoms with Crippen molar-refractivity contribution >= 4 is 28.3 Å². The Kier molecular flexibility index (Phi) is 3.70. The highest BCUT2D eigenvalue weighted by atomic mass is 32.1. The summed E-state index contributed by atoms with van der Waals surface area (Å²) >= 11 is 1.19. The largest absolute Gasteiger partial charge is 0.382 e. The number of anilines is 2. The molecule has 0 saturated heterocycles. The van der Waals surface area contributed by atoms with Crippen LogP contribution in [0.2, 0.25) is 0 Å². The van der Waals surface area contributed by atoms with Crippen LogP contribution in [0.1, 0.15) is 34.7 Å². The summed E-state index contributed by atoms with van der Waals surface area (Å²) in [5.41, 5.74) is 7.08. The number of nitrogens with two attached hydrogens (primary N) is 1. The first kappa shape index (κ1) is 13.7. The topological polar surface area (TPSA) is 106 Å². The predicted molar refractivity (Wildman–Crippen MR) is 81.1 cm³/mol. The minimum absolute atomic E-state index is 0.162. The zero-order valence-corrected chi connectivity index (χ0v) is 12.4. The lowest BCUT2D eigenvalue weighted by atomic mass is 10.3. The summed E-state index contributed by atoms with van der Waals surface area (Å²) in [6, 6.07) is 2.11. The van der Waals surface area contributed by atoms with E-state index in [2.05, 4.69) is 25.0 Å². The van der Waals surface area contributed by atoms with Gasteiger partial charge in [-0.15, -0.1) is 0 Å². The molecule has 0 aromatic carbocycles. The summed E-state index contributed by atoms with van der Waals surface area (Å²) in [7, 11) is 0. The molecule has 110 valence electrons. The molecule has 0 unspecified atom stereocenters. The Bertz CT molecular complexity index is 666. The van der Waals surface area contributed by atoms with E-state index in [0.717, 1.165) is 18.5 Å². The van der Waals surface area contributed by atoms with Crippen LogP contribution < -0.4 is 16.4 Å². The van der Waals surface area contributed by atoms with Crippen LogP contribution in [0, 0.1) is 6.92 Å². The summed E-state index contributed by atoms with van der Waals surface area (Å²) in [5.74, 6) is 0.814. The van der Waals surface area contributed by atoms with Gasteiger partial charge in [-0.2, -0.15) is 4.37 Å². The number of hydrogen-bond acceptors (Lipinski definition) is 7. The SMILES string of the molecule is Cc1nccc(CNc2snc(N)c2C(=O)NC2CC2)n1. The number of hydrogen-bond donors (Lipinski definition) is 3. The fourth-order valence-electron chi connectivity index (χ4n) is 1.90. The highest BCUT2D eigenvalue weighted by molar-refractivity contribution is 7.11. The molecular weight excluding hydrogens is 288 g/mol. The Morgan fingerprint density at radius 2 is 2.33 bits per heavy atom. The lowest BCUT2D eigenvalue weighted by Gasteiger charge is -2.07. The number of rotatable bonds is 5. The average molecular weight is 304 g/mol. The first-order valence-corrected chi connectivity index (χ1v) is 7.49. The van der Waals surface area contributed by atoms with Gasteiger partial charge in [0, 0.05) is 12.2 Å². The van der Waals surface area contributed by atoms with Gasteiger partial charge >= 0.3 is 0 Å². The summed E-state index contributed by atoms with van der Waals surface area (Å²) in [6.45, 7) is 2.33. The van der Waals surface area contributed by atoms with Gasteiger partial charge in [0.15, 0.2) is 5.82 Å². The molecule has 1 fully saturated rings. The van der Waals surface area contributed by atoms with Gasteiger partial charge in [-0.3, -0.25) is 4.79 Å². The zero-order chi connectivity index (χ0) is 14.8. The van der Waals surface area contributed by atoms with Crippen LogP contribution in [-0.2, 0) is 6.54 Å². The van der Waals surface area contributed by atoms with Crippen LogP contribution in [0.15, 0.2) is 12.3 Å². The Morgan fingerprint density at radius 1 is 1.52 bits per heavy atom. The van der Waals surface area contributed by atoms with E-state index in [-0.39, 0.29) is 17.8 Å². The molecule has 0 atom stereocenters. The summed E-state index contributed by atoms with van der Waals surface area (Å²) in [4.78, 5) is 20.5. The van der Waals surface area contributed by atoms with Crippen molar-refractivity contribution in [3.05, 3.63) is 29.3 Å². The van der Waals surface area contributed by atoms with Gasteiger partial charge in [0.25, 0.3) is 5.91 Å². The zero-order valence-electron chi connectivity index (χ0n) is 11.6. The molecule has 0 radical (unpaired) electrons. The predicted octanol–water partition coefficient (Wildman–Crippen LogP) is 1.33. The van der Waals surface area contributed by atoms with Crippen molar-refractivity contribution in [1.29, 1.82) is 0 Å². The molecule has 1 saturated carbocycles. The van der Waals surface area contributed by atoms with Crippen molar-refractivity contribution in [3.63, 3.8) is 0 Å². The van der Waals surface area contributed by atoms with Crippen LogP contribution in [0.5, 0.6) is 0 Å². The number of nitrogens with one attached hydrogen (secondary N) is 2. The molecule has 21 heavy (non-hydrogen) atoms. The molecule has 2 aromatic rings. The third-order valence-electron chi connectivity index (χ3n) is 3.12. The third-order valence-corrected chi connectivity index (χ3v) is 3.94. The maximum atomic E-state index is 12.2. The third kappa shape index (κ3) is 3.27. The standard InChI is InChI=1S/C13H16N6OS/c1-7-15-5-4-9(17-7)6-16-13-10(11(14)19-21-13)12(20)18-8-2-3-8/h4-5,8,16H,2-3,6H2,1H3,(H2,14,19)(H,18,20). The molecule has 4 N–H and O–H groups in total. The van der Waals surface area contributed by atoms with E-state index < -0.39 is 0 Å². The van der Waals surface area contributed by atoms with Crippen LogP contribution in [0.4, 0.5) is 10.8 Å². The molecule has 7 nitrogen and oxygen atoms in total. The fraction of sp³-hybridized carbons (Fsp3) is 0.385. The van der Waals surface area contributed by atoms with Gasteiger partial charge in [0.2, 0.25) is 0 Å². The van der Waals surface area contributed by atoms with E-state index in [0.29, 0.717) is 22.9 Å². The number of aryl methyl sites for hydroxylation is 1. The molecular formula is C13H16N6OS. The van der Waals surface area contributed by atoms with E-state index in [1.54, 1.807) is 6.20 Å². The lowest BCUT2D eigenvalue weighted by Crippen LogP contribution is -2.26. The maximum Gasteiger partial charge on any atom is 0.258 e.